The highest BCUT2D eigenvalue weighted by atomic mass is 28.3. The molecular weight excluding hydrogens is 340 g/mol. The molecule has 0 aliphatic heterocycles. The van der Waals surface area contributed by atoms with Crippen molar-refractivity contribution in [1.82, 2.24) is 0 Å². The average Bonchev–Trinajstić information content (AvgIpc) is 3.01. The molecule has 0 amide bonds. The van der Waals surface area contributed by atoms with Gasteiger partial charge < -0.3 is 0 Å². The molecule has 0 spiro atoms. The standard InChI is InChI=1S/C26H26Si/c1-27(2,3)19-18-24-22-16-10-11-17-23(22)25(20-12-6-4-7-13-20)26(24)21-14-8-5-9-15-21/h4-18H,19H2,1-3H3/b24-18+. The van der Waals surface area contributed by atoms with Crippen LogP contribution in [0.15, 0.2) is 91.0 Å². The molecule has 1 heteroatoms. The van der Waals surface area contributed by atoms with Crippen LogP contribution >= 0.6 is 0 Å². The number of rotatable bonds is 4. The summed E-state index contributed by atoms with van der Waals surface area (Å²) >= 11 is 0. The summed E-state index contributed by atoms with van der Waals surface area (Å²) in [6.07, 6.45) is 2.50. The fraction of sp³-hybridized carbons (Fsp3) is 0.154. The Balaban J connectivity index is 2.01. The van der Waals surface area contributed by atoms with Gasteiger partial charge in [0.2, 0.25) is 0 Å². The molecule has 0 fully saturated rings. The van der Waals surface area contributed by atoms with Crippen molar-refractivity contribution in [1.29, 1.82) is 0 Å². The Hall–Kier alpha value is -2.64. The number of hydrogen-bond donors (Lipinski definition) is 0. The molecule has 3 aromatic rings. The molecule has 0 radical (unpaired) electrons. The van der Waals surface area contributed by atoms with Gasteiger partial charge in [0.05, 0.1) is 0 Å². The summed E-state index contributed by atoms with van der Waals surface area (Å²) in [6, 6.07) is 31.8. The Kier molecular flexibility index (Phi) is 4.71. The maximum absolute atomic E-state index is 2.50. The molecule has 0 bridgehead atoms. The van der Waals surface area contributed by atoms with Crippen LogP contribution in [0.25, 0.3) is 16.7 Å². The summed E-state index contributed by atoms with van der Waals surface area (Å²) in [4.78, 5) is 0. The fourth-order valence-corrected chi connectivity index (χ4v) is 4.59. The minimum absolute atomic E-state index is 1.18. The Bertz CT molecular complexity index is 1000. The van der Waals surface area contributed by atoms with Gasteiger partial charge >= 0.3 is 0 Å². The molecule has 0 nitrogen and oxygen atoms in total. The molecule has 27 heavy (non-hydrogen) atoms. The second kappa shape index (κ2) is 7.17. The third-order valence-corrected chi connectivity index (χ3v) is 6.48. The van der Waals surface area contributed by atoms with E-state index in [2.05, 4.69) is 111 Å². The zero-order valence-corrected chi connectivity index (χ0v) is 17.4. The molecule has 1 aliphatic rings. The normalized spacial score (nSPS) is 15.3. The molecule has 1 aliphatic carbocycles. The van der Waals surface area contributed by atoms with Gasteiger partial charge in [0, 0.05) is 8.07 Å². The molecule has 0 atom stereocenters. The van der Waals surface area contributed by atoms with E-state index >= 15 is 0 Å². The molecule has 0 saturated heterocycles. The second-order valence-corrected chi connectivity index (χ2v) is 13.9. The van der Waals surface area contributed by atoms with E-state index in [1.807, 2.05) is 0 Å². The van der Waals surface area contributed by atoms with Crippen molar-refractivity contribution in [3.8, 4) is 0 Å². The van der Waals surface area contributed by atoms with Gasteiger partial charge in [-0.25, -0.2) is 0 Å². The third kappa shape index (κ3) is 3.61. The van der Waals surface area contributed by atoms with Crippen molar-refractivity contribution < 1.29 is 0 Å². The van der Waals surface area contributed by atoms with Crippen molar-refractivity contribution in [2.45, 2.75) is 25.7 Å². The second-order valence-electron chi connectivity index (χ2n) is 8.41. The van der Waals surface area contributed by atoms with Crippen LogP contribution in [-0.2, 0) is 0 Å². The summed E-state index contributed by atoms with van der Waals surface area (Å²) in [5.41, 5.74) is 9.45. The maximum atomic E-state index is 2.50. The summed E-state index contributed by atoms with van der Waals surface area (Å²) in [7, 11) is -1.18. The third-order valence-electron chi connectivity index (χ3n) is 5.05. The lowest BCUT2D eigenvalue weighted by atomic mass is 9.93. The van der Waals surface area contributed by atoms with E-state index in [1.54, 1.807) is 0 Å². The van der Waals surface area contributed by atoms with Crippen molar-refractivity contribution in [2.75, 3.05) is 0 Å². The highest BCUT2D eigenvalue weighted by Crippen LogP contribution is 2.49. The summed E-state index contributed by atoms with van der Waals surface area (Å²) < 4.78 is 0. The van der Waals surface area contributed by atoms with E-state index in [9.17, 15) is 0 Å². The van der Waals surface area contributed by atoms with E-state index in [0.29, 0.717) is 0 Å². The average molecular weight is 367 g/mol. The Morgan fingerprint density at radius 1 is 0.593 bits per heavy atom. The number of benzene rings is 3. The Morgan fingerprint density at radius 2 is 1.07 bits per heavy atom. The van der Waals surface area contributed by atoms with Gasteiger partial charge in [0.15, 0.2) is 0 Å². The molecule has 4 rings (SSSR count). The highest BCUT2D eigenvalue weighted by molar-refractivity contribution is 6.76. The van der Waals surface area contributed by atoms with E-state index in [0.717, 1.165) is 0 Å². The molecule has 0 heterocycles. The minimum Gasteiger partial charge on any atom is -0.0787 e. The van der Waals surface area contributed by atoms with E-state index in [-0.39, 0.29) is 0 Å². The van der Waals surface area contributed by atoms with Crippen molar-refractivity contribution in [3.63, 3.8) is 0 Å². The number of hydrogen-bond acceptors (Lipinski definition) is 0. The van der Waals surface area contributed by atoms with Gasteiger partial charge in [-0.2, -0.15) is 0 Å². The van der Waals surface area contributed by atoms with Gasteiger partial charge in [-0.3, -0.25) is 0 Å². The SMILES string of the molecule is C[Si](C)(C)C/C=C1/C(c2ccccc2)=C(c2ccccc2)c2ccccc21. The molecule has 0 saturated carbocycles. The van der Waals surface area contributed by atoms with Gasteiger partial charge in [-0.05, 0) is 45.0 Å². The molecule has 3 aromatic carbocycles. The summed E-state index contributed by atoms with van der Waals surface area (Å²) in [6.45, 7) is 7.32. The molecular formula is C26H26Si. The highest BCUT2D eigenvalue weighted by Gasteiger charge is 2.28. The smallest absolute Gasteiger partial charge is 0.0480 e. The zero-order valence-electron chi connectivity index (χ0n) is 16.4. The van der Waals surface area contributed by atoms with Crippen LogP contribution in [0.1, 0.15) is 22.3 Å². The van der Waals surface area contributed by atoms with Crippen LogP contribution in [0.5, 0.6) is 0 Å². The van der Waals surface area contributed by atoms with Gasteiger partial charge in [-0.1, -0.05) is 111 Å². The van der Waals surface area contributed by atoms with Crippen LogP contribution in [0.2, 0.25) is 25.7 Å². The summed E-state index contributed by atoms with van der Waals surface area (Å²) in [5, 5.41) is 0. The maximum Gasteiger partial charge on any atom is 0.0480 e. The van der Waals surface area contributed by atoms with Crippen molar-refractivity contribution in [2.24, 2.45) is 0 Å². The largest absolute Gasteiger partial charge is 0.0787 e. The van der Waals surface area contributed by atoms with Crippen LogP contribution < -0.4 is 0 Å². The molecule has 134 valence electrons. The number of allylic oxidation sites excluding steroid dienone is 3. The predicted octanol–water partition coefficient (Wildman–Crippen LogP) is 7.38. The first-order valence-electron chi connectivity index (χ1n) is 9.70. The Morgan fingerprint density at radius 3 is 1.63 bits per heavy atom. The van der Waals surface area contributed by atoms with Crippen LogP contribution in [-0.4, -0.2) is 8.07 Å². The quantitative estimate of drug-likeness (QED) is 0.422. The van der Waals surface area contributed by atoms with E-state index < -0.39 is 8.07 Å². The lowest BCUT2D eigenvalue weighted by molar-refractivity contribution is 1.50. The predicted molar refractivity (Wildman–Crippen MR) is 121 cm³/mol. The van der Waals surface area contributed by atoms with Crippen molar-refractivity contribution in [3.05, 3.63) is 113 Å². The van der Waals surface area contributed by atoms with Crippen LogP contribution in [0.3, 0.4) is 0 Å². The lowest BCUT2D eigenvalue weighted by Crippen LogP contribution is -2.17. The molecule has 0 unspecified atom stereocenters. The lowest BCUT2D eigenvalue weighted by Gasteiger charge is -2.15. The van der Waals surface area contributed by atoms with Crippen LogP contribution in [0.4, 0.5) is 0 Å². The fourth-order valence-electron chi connectivity index (χ4n) is 3.77. The first-order chi connectivity index (χ1) is 13.0. The number of fused-ring (bicyclic) bond motifs is 1. The first-order valence-corrected chi connectivity index (χ1v) is 13.4. The van der Waals surface area contributed by atoms with Gasteiger partial charge in [0.25, 0.3) is 0 Å². The van der Waals surface area contributed by atoms with Crippen molar-refractivity contribution >= 4 is 24.8 Å². The topological polar surface area (TPSA) is 0 Å². The summed E-state index contributed by atoms with van der Waals surface area (Å²) in [5.74, 6) is 0. The molecule has 0 aromatic heterocycles. The van der Waals surface area contributed by atoms with Gasteiger partial charge in [-0.15, -0.1) is 0 Å². The molecule has 0 N–H and O–H groups in total. The first kappa shape index (κ1) is 17.8. The van der Waals surface area contributed by atoms with E-state index in [1.165, 1.54) is 45.0 Å². The monoisotopic (exact) mass is 366 g/mol. The Labute approximate surface area is 163 Å². The van der Waals surface area contributed by atoms with E-state index in [4.69, 9.17) is 0 Å². The minimum atomic E-state index is -1.18. The van der Waals surface area contributed by atoms with Gasteiger partial charge in [0.1, 0.15) is 0 Å². The zero-order chi connectivity index (χ0) is 18.9. The van der Waals surface area contributed by atoms with Crippen LogP contribution in [0, 0.1) is 0 Å².